The SMILES string of the molecule is C=CC(=O)OCCCCCCOc1ccc(/C=C/C(=O)Oc2ccc(OC(=O)c3ccc(OCCCCCCOC(=O)C=C)cc3)cc2CC)cc1. The van der Waals surface area contributed by atoms with Crippen molar-refractivity contribution in [3.8, 4) is 23.0 Å². The number of unbranched alkanes of at least 4 members (excludes halogenated alkanes) is 6. The van der Waals surface area contributed by atoms with E-state index in [-0.39, 0.29) is 0 Å². The molecule has 0 spiro atoms. The van der Waals surface area contributed by atoms with Crippen molar-refractivity contribution in [3.63, 3.8) is 0 Å². The Bertz CT molecular complexity index is 1620. The van der Waals surface area contributed by atoms with Crippen LogP contribution in [0.4, 0.5) is 0 Å². The number of hydrogen-bond acceptors (Lipinski definition) is 10. The van der Waals surface area contributed by atoms with Gasteiger partial charge in [-0.15, -0.1) is 0 Å². The van der Waals surface area contributed by atoms with Crippen LogP contribution in [-0.4, -0.2) is 50.3 Å². The fourth-order valence-electron chi connectivity index (χ4n) is 4.79. The van der Waals surface area contributed by atoms with E-state index in [4.69, 9.17) is 28.4 Å². The molecule has 3 aromatic rings. The molecule has 52 heavy (non-hydrogen) atoms. The largest absolute Gasteiger partial charge is 0.494 e. The summed E-state index contributed by atoms with van der Waals surface area (Å²) in [7, 11) is 0. The first-order valence-corrected chi connectivity index (χ1v) is 17.6. The van der Waals surface area contributed by atoms with Gasteiger partial charge in [0.15, 0.2) is 0 Å². The number of aryl methyl sites for hydroxylation is 1. The minimum atomic E-state index is -0.534. The van der Waals surface area contributed by atoms with E-state index in [1.54, 1.807) is 48.5 Å². The van der Waals surface area contributed by atoms with Gasteiger partial charge in [-0.2, -0.15) is 0 Å². The van der Waals surface area contributed by atoms with Crippen molar-refractivity contribution in [2.24, 2.45) is 0 Å². The van der Waals surface area contributed by atoms with Gasteiger partial charge < -0.3 is 28.4 Å². The van der Waals surface area contributed by atoms with Crippen LogP contribution >= 0.6 is 0 Å². The zero-order valence-corrected chi connectivity index (χ0v) is 29.8. The number of ether oxygens (including phenoxy) is 6. The van der Waals surface area contributed by atoms with Gasteiger partial charge in [-0.3, -0.25) is 0 Å². The van der Waals surface area contributed by atoms with Crippen LogP contribution in [0.5, 0.6) is 23.0 Å². The van der Waals surface area contributed by atoms with Crippen LogP contribution in [0.15, 0.2) is 98.1 Å². The van der Waals surface area contributed by atoms with Crippen LogP contribution in [0.3, 0.4) is 0 Å². The summed E-state index contributed by atoms with van der Waals surface area (Å²) in [6.45, 7) is 10.6. The molecule has 0 saturated heterocycles. The lowest BCUT2D eigenvalue weighted by Gasteiger charge is -2.11. The first-order chi connectivity index (χ1) is 25.3. The van der Waals surface area contributed by atoms with E-state index in [0.29, 0.717) is 61.2 Å². The van der Waals surface area contributed by atoms with Gasteiger partial charge in [0, 0.05) is 18.2 Å². The van der Waals surface area contributed by atoms with E-state index in [9.17, 15) is 19.2 Å². The Labute approximate surface area is 306 Å². The summed E-state index contributed by atoms with van der Waals surface area (Å²) in [5.74, 6) is 0.256. The fourth-order valence-corrected chi connectivity index (χ4v) is 4.79. The van der Waals surface area contributed by atoms with Crippen LogP contribution in [0.25, 0.3) is 6.08 Å². The molecule has 0 saturated carbocycles. The molecular formula is C42H48O10. The van der Waals surface area contributed by atoms with E-state index < -0.39 is 23.9 Å². The van der Waals surface area contributed by atoms with Crippen LogP contribution in [0, 0.1) is 0 Å². The lowest BCUT2D eigenvalue weighted by atomic mass is 10.1. The Hall–Kier alpha value is -5.64. The van der Waals surface area contributed by atoms with E-state index in [2.05, 4.69) is 13.2 Å². The number of esters is 4. The van der Waals surface area contributed by atoms with Gasteiger partial charge in [-0.25, -0.2) is 19.2 Å². The summed E-state index contributed by atoms with van der Waals surface area (Å²) >= 11 is 0. The van der Waals surface area contributed by atoms with Crippen molar-refractivity contribution in [1.82, 2.24) is 0 Å². The van der Waals surface area contributed by atoms with Crippen LogP contribution in [-0.2, 0) is 30.3 Å². The number of benzene rings is 3. The second-order valence-electron chi connectivity index (χ2n) is 11.6. The highest BCUT2D eigenvalue weighted by atomic mass is 16.5. The van der Waals surface area contributed by atoms with Crippen molar-refractivity contribution >= 4 is 30.0 Å². The predicted molar refractivity (Wildman–Crippen MR) is 199 cm³/mol. The standard InChI is InChI=1S/C42H48O10/c1-4-33-31-37(51-42(46)34-18-22-36(23-19-34)48-28-12-8-10-14-30-50-40(44)6-3)24-25-38(33)52-41(45)26-17-32-15-20-35(21-16-32)47-27-11-7-9-13-29-49-39(43)5-2/h5-6,15-26,31H,2-4,7-14,27-30H2,1H3/b26-17+. The van der Waals surface area contributed by atoms with Gasteiger partial charge in [0.25, 0.3) is 0 Å². The zero-order valence-electron chi connectivity index (χ0n) is 29.8. The lowest BCUT2D eigenvalue weighted by molar-refractivity contribution is -0.138. The normalized spacial score (nSPS) is 10.6. The molecule has 0 atom stereocenters. The van der Waals surface area contributed by atoms with Crippen molar-refractivity contribution in [3.05, 3.63) is 115 Å². The smallest absolute Gasteiger partial charge is 0.343 e. The maximum absolute atomic E-state index is 12.8. The molecule has 0 radical (unpaired) electrons. The average Bonchev–Trinajstić information content (AvgIpc) is 3.16. The van der Waals surface area contributed by atoms with Gasteiger partial charge in [0.1, 0.15) is 23.0 Å². The first-order valence-electron chi connectivity index (χ1n) is 17.6. The summed E-state index contributed by atoms with van der Waals surface area (Å²) in [5, 5.41) is 0. The molecule has 0 N–H and O–H groups in total. The molecule has 0 aliphatic carbocycles. The van der Waals surface area contributed by atoms with Gasteiger partial charge in [-0.05, 0) is 130 Å². The highest BCUT2D eigenvalue weighted by Crippen LogP contribution is 2.26. The quantitative estimate of drug-likeness (QED) is 0.0387. The second kappa shape index (κ2) is 23.7. The van der Waals surface area contributed by atoms with Crippen LogP contribution in [0.2, 0.25) is 0 Å². The fraction of sp³-hybridized carbons (Fsp3) is 0.333. The molecule has 10 heteroatoms. The molecule has 0 unspecified atom stereocenters. The van der Waals surface area contributed by atoms with Crippen LogP contribution < -0.4 is 18.9 Å². The molecule has 0 aliphatic heterocycles. The number of rotatable bonds is 24. The minimum absolute atomic E-state index is 0.339. The first kappa shape index (κ1) is 40.8. The van der Waals surface area contributed by atoms with Gasteiger partial charge in [-0.1, -0.05) is 32.2 Å². The third-order valence-corrected chi connectivity index (χ3v) is 7.65. The molecule has 10 nitrogen and oxygen atoms in total. The highest BCUT2D eigenvalue weighted by molar-refractivity contribution is 5.91. The maximum Gasteiger partial charge on any atom is 0.343 e. The molecule has 276 valence electrons. The third kappa shape index (κ3) is 15.9. The molecular weight excluding hydrogens is 664 g/mol. The van der Waals surface area contributed by atoms with E-state index in [1.807, 2.05) is 31.2 Å². The van der Waals surface area contributed by atoms with Crippen molar-refractivity contribution in [2.75, 3.05) is 26.4 Å². The average molecular weight is 713 g/mol. The second-order valence-corrected chi connectivity index (χ2v) is 11.6. The minimum Gasteiger partial charge on any atom is -0.494 e. The zero-order chi connectivity index (χ0) is 37.4. The lowest BCUT2D eigenvalue weighted by Crippen LogP contribution is -2.10. The monoisotopic (exact) mass is 712 g/mol. The van der Waals surface area contributed by atoms with Crippen molar-refractivity contribution in [1.29, 1.82) is 0 Å². The van der Waals surface area contributed by atoms with Crippen LogP contribution in [0.1, 0.15) is 79.8 Å². The Morgan fingerprint density at radius 3 is 1.60 bits per heavy atom. The summed E-state index contributed by atoms with van der Waals surface area (Å²) < 4.78 is 32.6. The predicted octanol–water partition coefficient (Wildman–Crippen LogP) is 8.42. The van der Waals surface area contributed by atoms with Crippen molar-refractivity contribution in [2.45, 2.75) is 64.7 Å². The van der Waals surface area contributed by atoms with Gasteiger partial charge in [0.05, 0.1) is 32.0 Å². The summed E-state index contributed by atoms with van der Waals surface area (Å²) in [4.78, 5) is 47.4. The maximum atomic E-state index is 12.8. The molecule has 0 amide bonds. The van der Waals surface area contributed by atoms with Crippen molar-refractivity contribution < 1.29 is 47.6 Å². The molecule has 0 aliphatic rings. The Morgan fingerprint density at radius 1 is 0.577 bits per heavy atom. The Kier molecular flexibility index (Phi) is 18.6. The molecule has 3 rings (SSSR count). The molecule has 0 aromatic heterocycles. The molecule has 0 fully saturated rings. The number of carbonyl (C=O) groups excluding carboxylic acids is 4. The van der Waals surface area contributed by atoms with Gasteiger partial charge in [0.2, 0.25) is 0 Å². The van der Waals surface area contributed by atoms with Gasteiger partial charge >= 0.3 is 23.9 Å². The summed E-state index contributed by atoms with van der Waals surface area (Å²) in [6, 6.07) is 19.0. The molecule has 0 bridgehead atoms. The topological polar surface area (TPSA) is 124 Å². The Morgan fingerprint density at radius 2 is 1.08 bits per heavy atom. The highest BCUT2D eigenvalue weighted by Gasteiger charge is 2.13. The third-order valence-electron chi connectivity index (χ3n) is 7.65. The number of hydrogen-bond donors (Lipinski definition) is 0. The molecule has 3 aromatic carbocycles. The molecule has 0 heterocycles. The number of carbonyl (C=O) groups is 4. The van der Waals surface area contributed by atoms with E-state index in [1.165, 1.54) is 6.08 Å². The summed E-state index contributed by atoms with van der Waals surface area (Å²) in [5.41, 5.74) is 1.90. The summed E-state index contributed by atoms with van der Waals surface area (Å²) in [6.07, 6.45) is 13.0. The van der Waals surface area contributed by atoms with E-state index >= 15 is 0 Å². The van der Waals surface area contributed by atoms with E-state index in [0.717, 1.165) is 74.8 Å². The Balaban J connectivity index is 1.37.